The molecule has 0 radical (unpaired) electrons. The molecule has 9 heteroatoms. The third-order valence-corrected chi connectivity index (χ3v) is 3.29. The van der Waals surface area contributed by atoms with Crippen LogP contribution < -0.4 is 14.8 Å². The fourth-order valence-electron chi connectivity index (χ4n) is 2.01. The second-order valence-electron chi connectivity index (χ2n) is 4.88. The van der Waals surface area contributed by atoms with Gasteiger partial charge in [-0.2, -0.15) is 0 Å². The maximum Gasteiger partial charge on any atom is 0.248 e. The number of hydrogen-bond donors (Lipinski definition) is 1. The van der Waals surface area contributed by atoms with Crippen molar-refractivity contribution in [1.29, 1.82) is 0 Å². The van der Waals surface area contributed by atoms with Gasteiger partial charge < -0.3 is 14.8 Å². The van der Waals surface area contributed by atoms with E-state index in [9.17, 15) is 26.7 Å². The van der Waals surface area contributed by atoms with Gasteiger partial charge in [0.1, 0.15) is 5.69 Å². The van der Waals surface area contributed by atoms with E-state index in [1.807, 2.05) is 0 Å². The van der Waals surface area contributed by atoms with Gasteiger partial charge in [0.15, 0.2) is 34.8 Å². The van der Waals surface area contributed by atoms with Crippen LogP contribution in [0.5, 0.6) is 11.5 Å². The molecule has 2 rings (SSSR count). The molecular formula is C17H12F5NO3. The molecule has 0 fully saturated rings. The largest absolute Gasteiger partial charge is 0.493 e. The van der Waals surface area contributed by atoms with E-state index in [2.05, 4.69) is 0 Å². The molecule has 0 aliphatic carbocycles. The number of carbonyl (C=O) groups excluding carboxylic acids is 1. The van der Waals surface area contributed by atoms with E-state index in [4.69, 9.17) is 9.47 Å². The summed E-state index contributed by atoms with van der Waals surface area (Å²) >= 11 is 0. The van der Waals surface area contributed by atoms with E-state index in [1.54, 1.807) is 17.4 Å². The highest BCUT2D eigenvalue weighted by Gasteiger charge is 2.26. The number of benzene rings is 2. The highest BCUT2D eigenvalue weighted by atomic mass is 19.2. The second kappa shape index (κ2) is 7.85. The molecule has 138 valence electrons. The molecule has 0 atom stereocenters. The van der Waals surface area contributed by atoms with Gasteiger partial charge in [-0.1, -0.05) is 6.07 Å². The maximum absolute atomic E-state index is 13.5. The van der Waals surface area contributed by atoms with Gasteiger partial charge in [0.05, 0.1) is 14.2 Å². The molecule has 0 heterocycles. The van der Waals surface area contributed by atoms with Crippen molar-refractivity contribution in [3.63, 3.8) is 0 Å². The van der Waals surface area contributed by atoms with Crippen molar-refractivity contribution in [2.75, 3.05) is 19.5 Å². The molecule has 1 amide bonds. The molecule has 0 saturated carbocycles. The predicted octanol–water partition coefficient (Wildman–Crippen LogP) is 4.05. The Bertz CT molecular complexity index is 854. The summed E-state index contributed by atoms with van der Waals surface area (Å²) in [5.74, 6) is -11.2. The quantitative estimate of drug-likeness (QED) is 0.372. The zero-order chi connectivity index (χ0) is 19.4. The van der Waals surface area contributed by atoms with Gasteiger partial charge in [-0.3, -0.25) is 4.79 Å². The second-order valence-corrected chi connectivity index (χ2v) is 4.88. The Morgan fingerprint density at radius 2 is 1.42 bits per heavy atom. The number of ether oxygens (including phenoxy) is 2. The van der Waals surface area contributed by atoms with Gasteiger partial charge in [0.2, 0.25) is 11.7 Å². The minimum Gasteiger partial charge on any atom is -0.493 e. The van der Waals surface area contributed by atoms with E-state index >= 15 is 0 Å². The van der Waals surface area contributed by atoms with Crippen LogP contribution in [0.3, 0.4) is 0 Å². The summed E-state index contributed by atoms with van der Waals surface area (Å²) in [6.45, 7) is 0. The molecule has 0 unspecified atom stereocenters. The summed E-state index contributed by atoms with van der Waals surface area (Å²) in [6, 6.07) is 4.63. The summed E-state index contributed by atoms with van der Waals surface area (Å²) < 4.78 is 76.3. The van der Waals surface area contributed by atoms with Crippen LogP contribution in [-0.2, 0) is 4.79 Å². The summed E-state index contributed by atoms with van der Waals surface area (Å²) in [6.07, 6.45) is 2.11. The SMILES string of the molecule is COc1ccc(/C=C/C(=O)Nc2c(F)c(F)c(F)c(F)c2F)cc1OC. The third kappa shape index (κ3) is 3.76. The van der Waals surface area contributed by atoms with Crippen LogP contribution in [0.2, 0.25) is 0 Å². The van der Waals surface area contributed by atoms with Crippen LogP contribution in [0, 0.1) is 29.1 Å². The monoisotopic (exact) mass is 373 g/mol. The van der Waals surface area contributed by atoms with Crippen molar-refractivity contribution in [3.05, 3.63) is 58.9 Å². The highest BCUT2D eigenvalue weighted by molar-refractivity contribution is 6.02. The van der Waals surface area contributed by atoms with Crippen LogP contribution in [-0.4, -0.2) is 20.1 Å². The van der Waals surface area contributed by atoms with E-state index in [0.29, 0.717) is 17.1 Å². The molecule has 0 aromatic heterocycles. The zero-order valence-electron chi connectivity index (χ0n) is 13.5. The Kier molecular flexibility index (Phi) is 5.81. The summed E-state index contributed by atoms with van der Waals surface area (Å²) in [4.78, 5) is 11.7. The van der Waals surface area contributed by atoms with Gasteiger partial charge >= 0.3 is 0 Å². The standard InChI is InChI=1S/C17H12F5NO3/c1-25-9-5-3-8(7-10(9)26-2)4-6-11(24)23-17-15(21)13(19)12(18)14(20)16(17)22/h3-7H,1-2H3,(H,23,24)/b6-4+. The number of nitrogens with one attached hydrogen (secondary N) is 1. The van der Waals surface area contributed by atoms with Gasteiger partial charge in [-0.25, -0.2) is 22.0 Å². The maximum atomic E-state index is 13.5. The number of anilines is 1. The minimum atomic E-state index is -2.31. The first-order chi connectivity index (χ1) is 12.3. The van der Waals surface area contributed by atoms with Gasteiger partial charge in [-0.05, 0) is 23.8 Å². The lowest BCUT2D eigenvalue weighted by atomic mass is 10.2. The molecule has 1 N–H and O–H groups in total. The van der Waals surface area contributed by atoms with Crippen LogP contribution >= 0.6 is 0 Å². The van der Waals surface area contributed by atoms with Crippen molar-refractivity contribution in [2.45, 2.75) is 0 Å². The van der Waals surface area contributed by atoms with Gasteiger partial charge in [0.25, 0.3) is 0 Å². The average molecular weight is 373 g/mol. The molecule has 2 aromatic carbocycles. The lowest BCUT2D eigenvalue weighted by Gasteiger charge is -2.09. The normalized spacial score (nSPS) is 10.9. The molecule has 26 heavy (non-hydrogen) atoms. The molecule has 0 aliphatic heterocycles. The molecule has 4 nitrogen and oxygen atoms in total. The summed E-state index contributed by atoms with van der Waals surface area (Å²) in [5, 5.41) is 1.63. The summed E-state index contributed by atoms with van der Waals surface area (Å²) in [7, 11) is 2.84. The third-order valence-electron chi connectivity index (χ3n) is 3.29. The van der Waals surface area contributed by atoms with E-state index in [1.165, 1.54) is 26.4 Å². The van der Waals surface area contributed by atoms with Crippen molar-refractivity contribution >= 4 is 17.7 Å². The van der Waals surface area contributed by atoms with Crippen LogP contribution in [0.1, 0.15) is 5.56 Å². The Balaban J connectivity index is 2.23. The Labute approximate surface area is 144 Å². The summed E-state index contributed by atoms with van der Waals surface area (Å²) in [5.41, 5.74) is -0.960. The number of amides is 1. The molecule has 0 bridgehead atoms. The van der Waals surface area contributed by atoms with Gasteiger partial charge in [0, 0.05) is 6.08 Å². The topological polar surface area (TPSA) is 47.6 Å². The molecule has 2 aromatic rings. The van der Waals surface area contributed by atoms with Crippen molar-refractivity contribution in [1.82, 2.24) is 0 Å². The first-order valence-electron chi connectivity index (χ1n) is 7.02. The van der Waals surface area contributed by atoms with Crippen molar-refractivity contribution in [2.24, 2.45) is 0 Å². The number of halogens is 5. The fourth-order valence-corrected chi connectivity index (χ4v) is 2.01. The minimum absolute atomic E-state index is 0.370. The molecule has 0 spiro atoms. The number of carbonyl (C=O) groups is 1. The highest BCUT2D eigenvalue weighted by Crippen LogP contribution is 2.29. The predicted molar refractivity (Wildman–Crippen MR) is 83.4 cm³/mol. The van der Waals surface area contributed by atoms with E-state index in [0.717, 1.165) is 6.08 Å². The fraction of sp³-hybridized carbons (Fsp3) is 0.118. The Hall–Kier alpha value is -3.10. The van der Waals surface area contributed by atoms with Crippen molar-refractivity contribution < 1.29 is 36.2 Å². The molecular weight excluding hydrogens is 361 g/mol. The average Bonchev–Trinajstić information content (AvgIpc) is 2.66. The number of methoxy groups -OCH3 is 2. The smallest absolute Gasteiger partial charge is 0.248 e. The Morgan fingerprint density at radius 3 is 1.96 bits per heavy atom. The van der Waals surface area contributed by atoms with E-state index < -0.39 is 40.7 Å². The lowest BCUT2D eigenvalue weighted by molar-refractivity contribution is -0.111. The lowest BCUT2D eigenvalue weighted by Crippen LogP contribution is -2.14. The first kappa shape index (κ1) is 19.2. The number of hydrogen-bond acceptors (Lipinski definition) is 3. The van der Waals surface area contributed by atoms with Crippen LogP contribution in [0.15, 0.2) is 24.3 Å². The molecule has 0 saturated heterocycles. The first-order valence-corrected chi connectivity index (χ1v) is 7.02. The number of rotatable bonds is 5. The van der Waals surface area contributed by atoms with E-state index in [-0.39, 0.29) is 0 Å². The van der Waals surface area contributed by atoms with Gasteiger partial charge in [-0.15, -0.1) is 0 Å². The Morgan fingerprint density at radius 1 is 0.885 bits per heavy atom. The zero-order valence-corrected chi connectivity index (χ0v) is 13.5. The molecule has 0 aliphatic rings. The van der Waals surface area contributed by atoms with Crippen LogP contribution in [0.4, 0.5) is 27.6 Å². The van der Waals surface area contributed by atoms with Crippen molar-refractivity contribution in [3.8, 4) is 11.5 Å². The van der Waals surface area contributed by atoms with Crippen LogP contribution in [0.25, 0.3) is 6.08 Å².